The predicted octanol–water partition coefficient (Wildman–Crippen LogP) is 16.5. The highest BCUT2D eigenvalue weighted by atomic mass is 15.1. The summed E-state index contributed by atoms with van der Waals surface area (Å²) in [5.41, 5.74) is 22.0. The summed E-state index contributed by atoms with van der Waals surface area (Å²) in [6, 6.07) is 82.7. The third-order valence-corrected chi connectivity index (χ3v) is 13.2. The molecule has 0 saturated carbocycles. The molecule has 1 heterocycles. The van der Waals surface area contributed by atoms with Crippen molar-refractivity contribution in [2.45, 2.75) is 6.42 Å². The first-order valence-corrected chi connectivity index (χ1v) is 23.2. The minimum absolute atomic E-state index is 0.473. The van der Waals surface area contributed by atoms with E-state index in [2.05, 4.69) is 246 Å². The molecule has 0 aliphatic heterocycles. The molecule has 0 bridgehead atoms. The fourth-order valence-electron chi connectivity index (χ4n) is 9.99. The number of nitrogens with zero attached hydrogens (tertiary/aromatic N) is 3. The fourth-order valence-corrected chi connectivity index (χ4v) is 9.99. The lowest BCUT2D eigenvalue weighted by molar-refractivity contribution is 1.18. The number of para-hydroxylation sites is 2. The summed E-state index contributed by atoms with van der Waals surface area (Å²) in [6.45, 7) is 0. The molecule has 0 saturated heterocycles. The van der Waals surface area contributed by atoms with Gasteiger partial charge in [0.05, 0.1) is 28.1 Å². The van der Waals surface area contributed by atoms with Crippen molar-refractivity contribution in [2.24, 2.45) is 10.7 Å². The van der Waals surface area contributed by atoms with E-state index in [0.29, 0.717) is 5.84 Å². The Kier molecular flexibility index (Phi) is 10.4. The van der Waals surface area contributed by atoms with Gasteiger partial charge in [-0.2, -0.15) is 0 Å². The lowest BCUT2D eigenvalue weighted by atomic mass is 9.92. The number of fused-ring (bicyclic) bond motifs is 5. The van der Waals surface area contributed by atoms with Crippen molar-refractivity contribution in [2.75, 3.05) is 4.90 Å². The number of hydrogen-bond donors (Lipinski definition) is 1. The Morgan fingerprint density at radius 1 is 0.456 bits per heavy atom. The van der Waals surface area contributed by atoms with Crippen LogP contribution >= 0.6 is 0 Å². The van der Waals surface area contributed by atoms with E-state index in [0.717, 1.165) is 95.6 Å². The molecule has 10 aromatic carbocycles. The van der Waals surface area contributed by atoms with Gasteiger partial charge in [-0.15, -0.1) is 0 Å². The fraction of sp³-hybridized carbons (Fsp3) is 0.0156. The standard InChI is InChI=1S/C64H46N4/c65-64(66-63(46-21-4-1-5-22-46)47-23-6-2-7-24-47)50-37-40-58-57-39-36-49(42-61(57)67(62(58)43-50)51-27-8-3-9-28-51)53-29-14-15-31-55(53)56-32-16-17-33-60(56)68(52-38-35-44-19-10-11-25-48(44)41-52)59-34-18-26-45-20-12-13-30-54(45)59/h1-23,25-43H,24H2,(H2,65,66)/b63-47-. The van der Waals surface area contributed by atoms with Gasteiger partial charge in [-0.25, -0.2) is 4.99 Å². The first-order valence-electron chi connectivity index (χ1n) is 23.2. The third kappa shape index (κ3) is 7.35. The maximum Gasteiger partial charge on any atom is 0.131 e. The summed E-state index contributed by atoms with van der Waals surface area (Å²) in [5.74, 6) is 0.473. The summed E-state index contributed by atoms with van der Waals surface area (Å²) >= 11 is 0. The molecule has 1 aliphatic carbocycles. The molecule has 68 heavy (non-hydrogen) atoms. The molecule has 4 heteroatoms. The molecule has 0 spiro atoms. The van der Waals surface area contributed by atoms with E-state index >= 15 is 0 Å². The molecule has 1 aliphatic rings. The van der Waals surface area contributed by atoms with Gasteiger partial charge < -0.3 is 15.2 Å². The number of hydrogen-bond acceptors (Lipinski definition) is 2. The molecule has 0 unspecified atom stereocenters. The van der Waals surface area contributed by atoms with Gasteiger partial charge in [-0.3, -0.25) is 0 Å². The first kappa shape index (κ1) is 40.5. The van der Waals surface area contributed by atoms with Gasteiger partial charge >= 0.3 is 0 Å². The number of rotatable bonds is 9. The van der Waals surface area contributed by atoms with E-state index in [1.807, 2.05) is 18.2 Å². The molecule has 2 N–H and O–H groups in total. The van der Waals surface area contributed by atoms with Gasteiger partial charge in [0.15, 0.2) is 0 Å². The van der Waals surface area contributed by atoms with Crippen LogP contribution in [-0.2, 0) is 0 Å². The molecular formula is C64H46N4. The maximum absolute atomic E-state index is 7.01. The van der Waals surface area contributed by atoms with Crippen molar-refractivity contribution in [1.82, 2.24) is 4.57 Å². The number of amidine groups is 1. The molecule has 12 rings (SSSR count). The van der Waals surface area contributed by atoms with Crippen LogP contribution in [0, 0.1) is 0 Å². The molecule has 11 aromatic rings. The van der Waals surface area contributed by atoms with Crippen molar-refractivity contribution in [3.63, 3.8) is 0 Å². The highest BCUT2D eigenvalue weighted by Crippen LogP contribution is 2.46. The van der Waals surface area contributed by atoms with Crippen molar-refractivity contribution in [3.8, 4) is 27.9 Å². The molecular weight excluding hydrogens is 825 g/mol. The second-order valence-corrected chi connectivity index (χ2v) is 17.3. The second-order valence-electron chi connectivity index (χ2n) is 17.3. The van der Waals surface area contributed by atoms with Crippen molar-refractivity contribution >= 4 is 71.9 Å². The van der Waals surface area contributed by atoms with Crippen LogP contribution in [0.25, 0.3) is 77.0 Å². The number of aromatic nitrogens is 1. The summed E-state index contributed by atoms with van der Waals surface area (Å²) in [7, 11) is 0. The van der Waals surface area contributed by atoms with Crippen LogP contribution in [0.2, 0.25) is 0 Å². The Labute approximate surface area is 396 Å². The quantitative estimate of drug-likeness (QED) is 0.116. The van der Waals surface area contributed by atoms with Gasteiger partial charge in [-0.05, 0) is 93.4 Å². The van der Waals surface area contributed by atoms with Crippen LogP contribution in [0.3, 0.4) is 0 Å². The zero-order valence-corrected chi connectivity index (χ0v) is 37.4. The number of anilines is 3. The van der Waals surface area contributed by atoms with Crippen LogP contribution in [0.5, 0.6) is 0 Å². The second kappa shape index (κ2) is 17.4. The predicted molar refractivity (Wildman–Crippen MR) is 288 cm³/mol. The monoisotopic (exact) mass is 870 g/mol. The Morgan fingerprint density at radius 2 is 1.10 bits per heavy atom. The van der Waals surface area contributed by atoms with Crippen LogP contribution in [-0.4, -0.2) is 10.4 Å². The molecule has 0 radical (unpaired) electrons. The molecule has 4 nitrogen and oxygen atoms in total. The van der Waals surface area contributed by atoms with Crippen LogP contribution in [0.4, 0.5) is 17.1 Å². The van der Waals surface area contributed by atoms with Crippen molar-refractivity contribution in [3.05, 3.63) is 272 Å². The highest BCUT2D eigenvalue weighted by Gasteiger charge is 2.22. The zero-order valence-electron chi connectivity index (χ0n) is 37.4. The van der Waals surface area contributed by atoms with E-state index < -0.39 is 0 Å². The Bertz CT molecular complexity index is 3830. The van der Waals surface area contributed by atoms with E-state index in [1.165, 1.54) is 21.5 Å². The van der Waals surface area contributed by atoms with Gasteiger partial charge in [0.2, 0.25) is 0 Å². The Balaban J connectivity index is 1.02. The first-order chi connectivity index (χ1) is 33.7. The Hall–Kier alpha value is -8.99. The van der Waals surface area contributed by atoms with E-state index in [4.69, 9.17) is 10.7 Å². The van der Waals surface area contributed by atoms with Gasteiger partial charge in [-0.1, -0.05) is 206 Å². The van der Waals surface area contributed by atoms with Crippen molar-refractivity contribution < 1.29 is 0 Å². The topological polar surface area (TPSA) is 46.5 Å². The number of benzene rings is 10. The molecule has 0 fully saturated rings. The summed E-state index contributed by atoms with van der Waals surface area (Å²) in [4.78, 5) is 7.60. The SMILES string of the molecule is NC(=N/C(=C1/C=CC=CC1)c1ccccc1)c1ccc2c3ccc(-c4ccccc4-c4ccccc4N(c4ccc5ccccc5c4)c4cccc5ccccc45)cc3n(-c3ccccc3)c2c1. The molecule has 0 amide bonds. The van der Waals surface area contributed by atoms with Gasteiger partial charge in [0.1, 0.15) is 5.84 Å². The summed E-state index contributed by atoms with van der Waals surface area (Å²) < 4.78 is 2.37. The van der Waals surface area contributed by atoms with Crippen LogP contribution in [0.1, 0.15) is 17.5 Å². The molecule has 0 atom stereocenters. The highest BCUT2D eigenvalue weighted by molar-refractivity contribution is 6.13. The molecule has 1 aromatic heterocycles. The van der Waals surface area contributed by atoms with Gasteiger partial charge in [0, 0.05) is 44.2 Å². The van der Waals surface area contributed by atoms with Crippen LogP contribution < -0.4 is 10.6 Å². The van der Waals surface area contributed by atoms with E-state index in [-0.39, 0.29) is 0 Å². The number of allylic oxidation sites excluding steroid dienone is 5. The van der Waals surface area contributed by atoms with Gasteiger partial charge in [0.25, 0.3) is 0 Å². The summed E-state index contributed by atoms with van der Waals surface area (Å²) in [5, 5.41) is 7.10. The minimum Gasteiger partial charge on any atom is -0.383 e. The minimum atomic E-state index is 0.473. The van der Waals surface area contributed by atoms with E-state index in [1.54, 1.807) is 0 Å². The Morgan fingerprint density at radius 3 is 1.91 bits per heavy atom. The maximum atomic E-state index is 7.01. The lowest BCUT2D eigenvalue weighted by Gasteiger charge is -2.29. The average Bonchev–Trinajstić information content (AvgIpc) is 3.74. The average molecular weight is 871 g/mol. The largest absolute Gasteiger partial charge is 0.383 e. The molecule has 322 valence electrons. The smallest absolute Gasteiger partial charge is 0.131 e. The normalized spacial score (nSPS) is 13.4. The van der Waals surface area contributed by atoms with Crippen molar-refractivity contribution in [1.29, 1.82) is 0 Å². The third-order valence-electron chi connectivity index (χ3n) is 13.2. The number of aliphatic imine (C=N–C) groups is 1. The van der Waals surface area contributed by atoms with E-state index in [9.17, 15) is 0 Å². The summed E-state index contributed by atoms with van der Waals surface area (Å²) in [6.07, 6.45) is 9.23. The number of nitrogens with two attached hydrogens (primary N) is 1. The zero-order chi connectivity index (χ0) is 45.4. The lowest BCUT2D eigenvalue weighted by Crippen LogP contribution is -2.14. The van der Waals surface area contributed by atoms with Crippen LogP contribution in [0.15, 0.2) is 265 Å².